The Morgan fingerprint density at radius 2 is 2.00 bits per heavy atom. The molecule has 2 aromatic rings. The fourth-order valence-electron chi connectivity index (χ4n) is 2.40. The van der Waals surface area contributed by atoms with Gasteiger partial charge in [0.2, 0.25) is 10.0 Å². The first-order valence-electron chi connectivity index (χ1n) is 6.91. The molecule has 0 aromatic carbocycles. The maximum Gasteiger partial charge on any atom is 0.216 e. The van der Waals surface area contributed by atoms with Gasteiger partial charge in [0, 0.05) is 35.5 Å². The number of nitrogens with zero attached hydrogens (tertiary/aromatic N) is 5. The predicted octanol–water partition coefficient (Wildman–Crippen LogP) is 1.66. The highest BCUT2D eigenvalue weighted by Crippen LogP contribution is 2.25. The molecule has 22 heavy (non-hydrogen) atoms. The molecule has 9 heteroatoms. The van der Waals surface area contributed by atoms with Crippen molar-refractivity contribution in [3.8, 4) is 11.4 Å². The molecular weight excluding hydrogens is 370 g/mol. The SMILES string of the molecule is CC(C)S(=O)(=O)N1CCn2c(nnc2-c2cncc(Br)c2)C1. The lowest BCUT2D eigenvalue weighted by Gasteiger charge is -2.28. The van der Waals surface area contributed by atoms with Crippen LogP contribution in [0.5, 0.6) is 0 Å². The van der Waals surface area contributed by atoms with Crippen LogP contribution < -0.4 is 0 Å². The van der Waals surface area contributed by atoms with Crippen LogP contribution in [0.4, 0.5) is 0 Å². The number of hydrogen-bond donors (Lipinski definition) is 0. The number of pyridine rings is 1. The first-order chi connectivity index (χ1) is 10.4. The summed E-state index contributed by atoms with van der Waals surface area (Å²) in [4.78, 5) is 4.13. The summed E-state index contributed by atoms with van der Waals surface area (Å²) in [6.45, 7) is 4.60. The molecule has 118 valence electrons. The molecule has 3 rings (SSSR count). The van der Waals surface area contributed by atoms with E-state index in [4.69, 9.17) is 0 Å². The second kappa shape index (κ2) is 5.71. The molecule has 0 radical (unpaired) electrons. The molecular formula is C13H16BrN5O2S. The van der Waals surface area contributed by atoms with Gasteiger partial charge in [-0.25, -0.2) is 8.42 Å². The van der Waals surface area contributed by atoms with E-state index in [0.717, 1.165) is 10.0 Å². The van der Waals surface area contributed by atoms with E-state index in [1.165, 1.54) is 4.31 Å². The van der Waals surface area contributed by atoms with E-state index >= 15 is 0 Å². The first kappa shape index (κ1) is 15.6. The van der Waals surface area contributed by atoms with Gasteiger partial charge in [0.25, 0.3) is 0 Å². The number of halogens is 1. The van der Waals surface area contributed by atoms with Crippen molar-refractivity contribution in [3.63, 3.8) is 0 Å². The maximum absolute atomic E-state index is 12.3. The number of sulfonamides is 1. The molecule has 1 aliphatic heterocycles. The number of aromatic nitrogens is 4. The Balaban J connectivity index is 1.93. The Morgan fingerprint density at radius 1 is 1.23 bits per heavy atom. The minimum absolute atomic E-state index is 0.259. The van der Waals surface area contributed by atoms with Gasteiger partial charge < -0.3 is 4.57 Å². The lowest BCUT2D eigenvalue weighted by atomic mass is 10.2. The Morgan fingerprint density at radius 3 is 2.68 bits per heavy atom. The van der Waals surface area contributed by atoms with Gasteiger partial charge in [-0.1, -0.05) is 0 Å². The van der Waals surface area contributed by atoms with Gasteiger partial charge >= 0.3 is 0 Å². The summed E-state index contributed by atoms with van der Waals surface area (Å²) in [5, 5.41) is 7.92. The van der Waals surface area contributed by atoms with E-state index in [2.05, 4.69) is 31.1 Å². The van der Waals surface area contributed by atoms with Gasteiger partial charge in [-0.3, -0.25) is 4.98 Å². The van der Waals surface area contributed by atoms with Crippen molar-refractivity contribution >= 4 is 26.0 Å². The zero-order valence-corrected chi connectivity index (χ0v) is 14.7. The average molecular weight is 386 g/mol. The second-order valence-corrected chi connectivity index (χ2v) is 8.82. The molecule has 0 fully saturated rings. The van der Waals surface area contributed by atoms with Gasteiger partial charge in [0.1, 0.15) is 5.82 Å². The fraction of sp³-hybridized carbons (Fsp3) is 0.462. The van der Waals surface area contributed by atoms with Crippen molar-refractivity contribution in [2.45, 2.75) is 32.2 Å². The summed E-state index contributed by atoms with van der Waals surface area (Å²) in [7, 11) is -3.27. The molecule has 0 aliphatic carbocycles. The monoisotopic (exact) mass is 385 g/mol. The van der Waals surface area contributed by atoms with E-state index in [1.807, 2.05) is 10.6 Å². The molecule has 0 unspecified atom stereocenters. The molecule has 0 N–H and O–H groups in total. The summed E-state index contributed by atoms with van der Waals surface area (Å²) in [5.74, 6) is 1.37. The third-order valence-corrected chi connectivity index (χ3v) is 6.29. The van der Waals surface area contributed by atoms with Crippen molar-refractivity contribution in [3.05, 3.63) is 28.8 Å². The third kappa shape index (κ3) is 2.68. The Labute approximate surface area is 137 Å². The van der Waals surface area contributed by atoms with Crippen molar-refractivity contribution in [1.82, 2.24) is 24.1 Å². The van der Waals surface area contributed by atoms with Crippen LogP contribution in [0, 0.1) is 0 Å². The summed E-state index contributed by atoms with van der Waals surface area (Å²) in [6.07, 6.45) is 3.42. The Kier molecular flexibility index (Phi) is 4.04. The molecule has 0 saturated heterocycles. The first-order valence-corrected chi connectivity index (χ1v) is 9.21. The van der Waals surface area contributed by atoms with Crippen molar-refractivity contribution in [2.24, 2.45) is 0 Å². The van der Waals surface area contributed by atoms with Gasteiger partial charge in [-0.2, -0.15) is 4.31 Å². The topological polar surface area (TPSA) is 81.0 Å². The van der Waals surface area contributed by atoms with Crippen LogP contribution in [-0.2, 0) is 23.1 Å². The lowest BCUT2D eigenvalue weighted by Crippen LogP contribution is -2.41. The standard InChI is InChI=1S/C13H16BrN5O2S/c1-9(2)22(20,21)18-3-4-19-12(8-18)16-17-13(19)10-5-11(14)7-15-6-10/h5-7,9H,3-4,8H2,1-2H3. The zero-order chi connectivity index (χ0) is 15.9. The highest BCUT2D eigenvalue weighted by molar-refractivity contribution is 9.10. The molecule has 0 bridgehead atoms. The lowest BCUT2D eigenvalue weighted by molar-refractivity contribution is 0.334. The summed E-state index contributed by atoms with van der Waals surface area (Å²) in [6, 6.07) is 1.92. The quantitative estimate of drug-likeness (QED) is 0.802. The van der Waals surface area contributed by atoms with Gasteiger partial charge in [-0.05, 0) is 35.8 Å². The highest BCUT2D eigenvalue weighted by atomic mass is 79.9. The van der Waals surface area contributed by atoms with E-state index in [1.54, 1.807) is 26.2 Å². The minimum Gasteiger partial charge on any atom is -0.308 e. The third-order valence-electron chi connectivity index (χ3n) is 3.64. The summed E-state index contributed by atoms with van der Waals surface area (Å²) >= 11 is 3.39. The van der Waals surface area contributed by atoms with Crippen LogP contribution in [0.3, 0.4) is 0 Å². The van der Waals surface area contributed by atoms with Crippen LogP contribution in [-0.4, -0.2) is 44.3 Å². The fourth-order valence-corrected chi connectivity index (χ4v) is 3.99. The van der Waals surface area contributed by atoms with Gasteiger partial charge in [0.15, 0.2) is 5.82 Å². The number of rotatable bonds is 3. The second-order valence-electron chi connectivity index (χ2n) is 5.41. The van der Waals surface area contributed by atoms with E-state index in [0.29, 0.717) is 24.7 Å². The van der Waals surface area contributed by atoms with Crippen molar-refractivity contribution in [1.29, 1.82) is 0 Å². The highest BCUT2D eigenvalue weighted by Gasteiger charge is 2.31. The molecule has 7 nitrogen and oxygen atoms in total. The molecule has 0 atom stereocenters. The van der Waals surface area contributed by atoms with E-state index < -0.39 is 15.3 Å². The number of fused-ring (bicyclic) bond motifs is 1. The zero-order valence-electron chi connectivity index (χ0n) is 12.3. The summed E-state index contributed by atoms with van der Waals surface area (Å²) < 4.78 is 28.8. The van der Waals surface area contributed by atoms with Gasteiger partial charge in [0.05, 0.1) is 11.8 Å². The van der Waals surface area contributed by atoms with Crippen LogP contribution in [0.15, 0.2) is 22.9 Å². The van der Waals surface area contributed by atoms with Crippen LogP contribution in [0.2, 0.25) is 0 Å². The van der Waals surface area contributed by atoms with Crippen molar-refractivity contribution in [2.75, 3.05) is 6.54 Å². The van der Waals surface area contributed by atoms with E-state index in [9.17, 15) is 8.42 Å². The predicted molar refractivity (Wildman–Crippen MR) is 85.4 cm³/mol. The molecule has 3 heterocycles. The van der Waals surface area contributed by atoms with E-state index in [-0.39, 0.29) is 6.54 Å². The van der Waals surface area contributed by atoms with Crippen LogP contribution in [0.25, 0.3) is 11.4 Å². The smallest absolute Gasteiger partial charge is 0.216 e. The van der Waals surface area contributed by atoms with Gasteiger partial charge in [-0.15, -0.1) is 10.2 Å². The molecule has 1 aliphatic rings. The van der Waals surface area contributed by atoms with Crippen molar-refractivity contribution < 1.29 is 8.42 Å². The molecule has 0 saturated carbocycles. The molecule has 2 aromatic heterocycles. The molecule has 0 amide bonds. The van der Waals surface area contributed by atoms with Crippen LogP contribution >= 0.6 is 15.9 Å². The minimum atomic E-state index is -3.27. The maximum atomic E-state index is 12.3. The average Bonchev–Trinajstić information content (AvgIpc) is 2.90. The molecule has 0 spiro atoms. The van der Waals surface area contributed by atoms with Crippen LogP contribution in [0.1, 0.15) is 19.7 Å². The Bertz CT molecular complexity index is 803. The normalized spacial score (nSPS) is 16.0. The number of hydrogen-bond acceptors (Lipinski definition) is 5. The Hall–Kier alpha value is -1.32. The summed E-state index contributed by atoms with van der Waals surface area (Å²) in [5.41, 5.74) is 0.855. The largest absolute Gasteiger partial charge is 0.308 e.